The van der Waals surface area contributed by atoms with E-state index in [1.54, 1.807) is 36.4 Å². The number of nitrogens with zero attached hydrogens (tertiary/aromatic N) is 2. The van der Waals surface area contributed by atoms with Crippen molar-refractivity contribution in [3.05, 3.63) is 44.9 Å². The van der Waals surface area contributed by atoms with Gasteiger partial charge in [-0.25, -0.2) is 4.79 Å². The Kier molecular flexibility index (Phi) is 5.51. The maximum Gasteiger partial charge on any atom is 0.355 e. The van der Waals surface area contributed by atoms with E-state index < -0.39 is 5.97 Å². The minimum absolute atomic E-state index is 0.0232. The fourth-order valence-electron chi connectivity index (χ4n) is 3.41. The molecule has 2 aromatic heterocycles. The monoisotopic (exact) mass is 388 g/mol. The van der Waals surface area contributed by atoms with E-state index >= 15 is 0 Å². The number of ether oxygens (including phenoxy) is 1. The first-order valence-electron chi connectivity index (χ1n) is 9.07. The van der Waals surface area contributed by atoms with E-state index in [0.29, 0.717) is 27.4 Å². The Morgan fingerprint density at radius 1 is 1.30 bits per heavy atom. The molecule has 3 rings (SSSR count). The van der Waals surface area contributed by atoms with Crippen LogP contribution < -0.4 is 0 Å². The van der Waals surface area contributed by atoms with Gasteiger partial charge in [-0.15, -0.1) is 11.3 Å². The molecular weight excluding hydrogens is 364 g/mol. The van der Waals surface area contributed by atoms with Crippen molar-refractivity contribution in [2.24, 2.45) is 7.05 Å². The summed E-state index contributed by atoms with van der Waals surface area (Å²) in [7, 11) is 1.75. The topological polar surface area (TPSA) is 68.6 Å². The van der Waals surface area contributed by atoms with Crippen LogP contribution in [-0.2, 0) is 11.8 Å². The highest BCUT2D eigenvalue weighted by atomic mass is 32.1. The zero-order chi connectivity index (χ0) is 19.7. The summed E-state index contributed by atoms with van der Waals surface area (Å²) in [5, 5.41) is 1.86. The molecule has 2 aromatic rings. The molecule has 0 N–H and O–H groups in total. The summed E-state index contributed by atoms with van der Waals surface area (Å²) in [6.07, 6.45) is 1.84. The third kappa shape index (κ3) is 3.69. The lowest BCUT2D eigenvalue weighted by Gasteiger charge is -2.21. The van der Waals surface area contributed by atoms with Crippen LogP contribution in [0.15, 0.2) is 17.5 Å². The number of rotatable bonds is 7. The Morgan fingerprint density at radius 2 is 2.00 bits per heavy atom. The molecular formula is C20H24N2O4S. The van der Waals surface area contributed by atoms with Crippen LogP contribution in [0.4, 0.5) is 0 Å². The summed E-state index contributed by atoms with van der Waals surface area (Å²) in [6.45, 7) is 5.62. The summed E-state index contributed by atoms with van der Waals surface area (Å²) < 4.78 is 6.82. The van der Waals surface area contributed by atoms with Gasteiger partial charge in [-0.1, -0.05) is 6.07 Å². The van der Waals surface area contributed by atoms with Gasteiger partial charge < -0.3 is 14.2 Å². The fourth-order valence-corrected chi connectivity index (χ4v) is 4.08. The van der Waals surface area contributed by atoms with Crippen molar-refractivity contribution >= 4 is 29.0 Å². The summed E-state index contributed by atoms with van der Waals surface area (Å²) in [6, 6.07) is 3.74. The summed E-state index contributed by atoms with van der Waals surface area (Å²) in [4.78, 5) is 40.5. The van der Waals surface area contributed by atoms with Crippen LogP contribution in [0, 0.1) is 13.8 Å². The van der Waals surface area contributed by atoms with E-state index in [-0.39, 0.29) is 30.9 Å². The van der Waals surface area contributed by atoms with Crippen LogP contribution in [0.1, 0.15) is 61.5 Å². The van der Waals surface area contributed by atoms with Crippen LogP contribution in [-0.4, -0.2) is 46.3 Å². The fraction of sp³-hybridized carbons (Fsp3) is 0.450. The van der Waals surface area contributed by atoms with E-state index in [1.807, 2.05) is 18.4 Å². The number of ketones is 1. The Labute approximate surface area is 162 Å². The number of carbonyl (C=O) groups excluding carboxylic acids is 3. The number of hydrogen-bond donors (Lipinski definition) is 0. The van der Waals surface area contributed by atoms with E-state index in [2.05, 4.69) is 0 Å². The average Bonchev–Trinajstić information content (AvgIpc) is 3.25. The van der Waals surface area contributed by atoms with Crippen molar-refractivity contribution < 1.29 is 19.1 Å². The third-order valence-corrected chi connectivity index (χ3v) is 5.83. The maximum atomic E-state index is 13.1. The predicted molar refractivity (Wildman–Crippen MR) is 104 cm³/mol. The number of aromatic nitrogens is 1. The molecule has 1 amide bonds. The molecule has 0 unspecified atom stereocenters. The first-order chi connectivity index (χ1) is 12.9. The van der Waals surface area contributed by atoms with E-state index in [0.717, 1.165) is 12.8 Å². The molecule has 7 heteroatoms. The lowest BCUT2D eigenvalue weighted by atomic mass is 10.0. The van der Waals surface area contributed by atoms with Crippen LogP contribution in [0.2, 0.25) is 0 Å². The Morgan fingerprint density at radius 3 is 2.56 bits per heavy atom. The maximum absolute atomic E-state index is 13.1. The Balaban J connectivity index is 1.88. The van der Waals surface area contributed by atoms with Gasteiger partial charge in [0.05, 0.1) is 18.0 Å². The number of carbonyl (C=O) groups is 3. The number of amides is 1. The minimum atomic E-state index is -0.437. The Hall–Kier alpha value is -2.41. The first kappa shape index (κ1) is 19.4. The van der Waals surface area contributed by atoms with Crippen LogP contribution in [0.25, 0.3) is 0 Å². The van der Waals surface area contributed by atoms with Gasteiger partial charge >= 0.3 is 5.97 Å². The number of Topliss-reactive ketones (excluding diaryl/α,β-unsaturated/α-hetero) is 1. The van der Waals surface area contributed by atoms with Crippen molar-refractivity contribution in [2.75, 3.05) is 13.2 Å². The van der Waals surface area contributed by atoms with Gasteiger partial charge in [0.25, 0.3) is 5.91 Å². The van der Waals surface area contributed by atoms with Crippen molar-refractivity contribution in [2.45, 2.75) is 39.7 Å². The molecule has 27 heavy (non-hydrogen) atoms. The summed E-state index contributed by atoms with van der Waals surface area (Å²) >= 11 is 1.38. The lowest BCUT2D eigenvalue weighted by Crippen LogP contribution is -2.37. The van der Waals surface area contributed by atoms with Crippen molar-refractivity contribution in [1.29, 1.82) is 0 Å². The molecule has 0 atom stereocenters. The quantitative estimate of drug-likeness (QED) is 0.539. The highest BCUT2D eigenvalue weighted by Gasteiger charge is 2.36. The van der Waals surface area contributed by atoms with Gasteiger partial charge in [-0.2, -0.15) is 0 Å². The summed E-state index contributed by atoms with van der Waals surface area (Å²) in [5.41, 5.74) is 2.21. The normalized spacial score (nSPS) is 13.5. The molecule has 2 heterocycles. The molecule has 0 saturated heterocycles. The number of thiophene rings is 1. The molecule has 0 aromatic carbocycles. The summed E-state index contributed by atoms with van der Waals surface area (Å²) in [5.74, 6) is -0.681. The van der Waals surface area contributed by atoms with Gasteiger partial charge in [-0.05, 0) is 50.6 Å². The predicted octanol–water partition coefficient (Wildman–Crippen LogP) is 3.37. The smallest absolute Gasteiger partial charge is 0.355 e. The average molecular weight is 388 g/mol. The standard InChI is InChI=1S/C20H24N2O4S/c1-5-26-20(25)18-12(2)17(13(3)21(18)4)15(23)11-22(14-8-9-14)19(24)16-7-6-10-27-16/h6-7,10,14H,5,8-9,11H2,1-4H3. The SMILES string of the molecule is CCOC(=O)c1c(C)c(C(=O)CN(C(=O)c2cccs2)C2CC2)c(C)n1C. The van der Waals surface area contributed by atoms with E-state index in [4.69, 9.17) is 4.74 Å². The molecule has 0 radical (unpaired) electrons. The largest absolute Gasteiger partial charge is 0.461 e. The van der Waals surface area contributed by atoms with Gasteiger partial charge in [0, 0.05) is 24.3 Å². The highest BCUT2D eigenvalue weighted by molar-refractivity contribution is 7.12. The van der Waals surface area contributed by atoms with Crippen molar-refractivity contribution in [1.82, 2.24) is 9.47 Å². The third-order valence-electron chi connectivity index (χ3n) is 4.97. The number of esters is 1. The molecule has 1 saturated carbocycles. The van der Waals surface area contributed by atoms with E-state index in [1.165, 1.54) is 11.3 Å². The molecule has 0 bridgehead atoms. The van der Waals surface area contributed by atoms with Crippen LogP contribution in [0.3, 0.4) is 0 Å². The van der Waals surface area contributed by atoms with Gasteiger partial charge in [0.15, 0.2) is 5.78 Å². The second kappa shape index (κ2) is 7.68. The van der Waals surface area contributed by atoms with Crippen LogP contribution >= 0.6 is 11.3 Å². The van der Waals surface area contributed by atoms with Crippen molar-refractivity contribution in [3.63, 3.8) is 0 Å². The molecule has 0 spiro atoms. The minimum Gasteiger partial charge on any atom is -0.461 e. The first-order valence-corrected chi connectivity index (χ1v) is 9.95. The molecule has 0 aliphatic heterocycles. The second-order valence-corrected chi connectivity index (χ2v) is 7.73. The zero-order valence-electron chi connectivity index (χ0n) is 16.1. The molecule has 1 fully saturated rings. The molecule has 1 aliphatic carbocycles. The van der Waals surface area contributed by atoms with E-state index in [9.17, 15) is 14.4 Å². The van der Waals surface area contributed by atoms with Crippen molar-refractivity contribution in [3.8, 4) is 0 Å². The molecule has 6 nitrogen and oxygen atoms in total. The second-order valence-electron chi connectivity index (χ2n) is 6.78. The van der Waals surface area contributed by atoms with Gasteiger partial charge in [-0.3, -0.25) is 9.59 Å². The van der Waals surface area contributed by atoms with Gasteiger partial charge in [0.1, 0.15) is 5.69 Å². The Bertz CT molecular complexity index is 878. The molecule has 144 valence electrons. The zero-order valence-corrected chi connectivity index (χ0v) is 16.9. The number of hydrogen-bond acceptors (Lipinski definition) is 5. The molecule has 1 aliphatic rings. The highest BCUT2D eigenvalue weighted by Crippen LogP contribution is 2.30. The lowest BCUT2D eigenvalue weighted by molar-refractivity contribution is 0.0514. The van der Waals surface area contributed by atoms with Crippen LogP contribution in [0.5, 0.6) is 0 Å². The van der Waals surface area contributed by atoms with Gasteiger partial charge in [0.2, 0.25) is 0 Å².